The fraction of sp³-hybridized carbons (Fsp3) is 0.250. The highest BCUT2D eigenvalue weighted by molar-refractivity contribution is 5.93. The Balaban J connectivity index is 1.71. The Hall–Kier alpha value is -2.57. The lowest BCUT2D eigenvalue weighted by atomic mass is 10.3. The summed E-state index contributed by atoms with van der Waals surface area (Å²) in [6.45, 7) is 2.07. The van der Waals surface area contributed by atoms with Crippen molar-refractivity contribution in [3.8, 4) is 0 Å². The van der Waals surface area contributed by atoms with E-state index in [1.54, 1.807) is 18.2 Å². The number of anilines is 1. The van der Waals surface area contributed by atoms with Crippen LogP contribution in [0.3, 0.4) is 0 Å². The molecule has 0 fully saturated rings. The van der Waals surface area contributed by atoms with Gasteiger partial charge < -0.3 is 15.1 Å². The molecule has 0 aromatic carbocycles. The van der Waals surface area contributed by atoms with Gasteiger partial charge in [-0.3, -0.25) is 14.7 Å². The molecule has 0 aliphatic carbocycles. The Labute approximate surface area is 109 Å². The number of rotatable bonds is 5. The molecule has 2 rings (SSSR count). The topological polar surface area (TPSA) is 100 Å². The van der Waals surface area contributed by atoms with Crippen LogP contribution in [0.5, 0.6) is 0 Å². The molecule has 0 saturated heterocycles. The number of furan rings is 1. The summed E-state index contributed by atoms with van der Waals surface area (Å²) in [6.07, 6.45) is 1.58. The van der Waals surface area contributed by atoms with Crippen LogP contribution in [0.25, 0.3) is 0 Å². The number of aromatic amines is 1. The van der Waals surface area contributed by atoms with Gasteiger partial charge in [0, 0.05) is 24.7 Å². The quantitative estimate of drug-likeness (QED) is 0.750. The van der Waals surface area contributed by atoms with Crippen LogP contribution in [0.15, 0.2) is 28.9 Å². The molecule has 7 nitrogen and oxygen atoms in total. The van der Waals surface area contributed by atoms with Crippen molar-refractivity contribution >= 4 is 17.6 Å². The number of aromatic nitrogens is 2. The van der Waals surface area contributed by atoms with Crippen molar-refractivity contribution in [2.24, 2.45) is 0 Å². The van der Waals surface area contributed by atoms with Crippen LogP contribution in [-0.4, -0.2) is 28.6 Å². The van der Waals surface area contributed by atoms with Crippen molar-refractivity contribution in [2.45, 2.75) is 13.3 Å². The molecule has 0 bridgehead atoms. The van der Waals surface area contributed by atoms with Gasteiger partial charge in [0.25, 0.3) is 5.91 Å². The number of carbonyl (C=O) groups is 2. The van der Waals surface area contributed by atoms with Gasteiger partial charge in [-0.05, 0) is 19.1 Å². The van der Waals surface area contributed by atoms with E-state index in [1.165, 1.54) is 6.26 Å². The molecule has 2 aromatic heterocycles. The Bertz CT molecular complexity index is 559. The molecule has 2 heterocycles. The van der Waals surface area contributed by atoms with E-state index in [-0.39, 0.29) is 30.5 Å². The van der Waals surface area contributed by atoms with Gasteiger partial charge in [-0.2, -0.15) is 5.10 Å². The maximum atomic E-state index is 11.5. The summed E-state index contributed by atoms with van der Waals surface area (Å²) in [5.74, 6) is 0.142. The molecule has 19 heavy (non-hydrogen) atoms. The van der Waals surface area contributed by atoms with Crippen LogP contribution in [0, 0.1) is 6.92 Å². The average molecular weight is 262 g/mol. The van der Waals surface area contributed by atoms with Crippen LogP contribution < -0.4 is 10.6 Å². The maximum absolute atomic E-state index is 11.5. The second kappa shape index (κ2) is 5.85. The number of hydrogen-bond acceptors (Lipinski definition) is 4. The van der Waals surface area contributed by atoms with E-state index >= 15 is 0 Å². The lowest BCUT2D eigenvalue weighted by molar-refractivity contribution is -0.116. The minimum Gasteiger partial charge on any atom is -0.459 e. The number of aryl methyl sites for hydroxylation is 1. The summed E-state index contributed by atoms with van der Waals surface area (Å²) < 4.78 is 4.92. The van der Waals surface area contributed by atoms with Crippen LogP contribution >= 0.6 is 0 Å². The fourth-order valence-corrected chi connectivity index (χ4v) is 1.47. The Kier molecular flexibility index (Phi) is 3.97. The molecule has 0 radical (unpaired) electrons. The Morgan fingerprint density at radius 3 is 2.95 bits per heavy atom. The Morgan fingerprint density at radius 1 is 1.47 bits per heavy atom. The monoisotopic (exact) mass is 262 g/mol. The highest BCUT2D eigenvalue weighted by Gasteiger charge is 2.09. The SMILES string of the molecule is Cc1cc(NC(=O)CCNC(=O)c2ccco2)n[nH]1. The van der Waals surface area contributed by atoms with Crippen molar-refractivity contribution in [3.05, 3.63) is 35.9 Å². The molecule has 0 spiro atoms. The first-order valence-electron chi connectivity index (χ1n) is 5.79. The molecule has 0 aliphatic heterocycles. The number of amides is 2. The van der Waals surface area contributed by atoms with E-state index in [1.807, 2.05) is 6.92 Å². The molecule has 0 unspecified atom stereocenters. The molecule has 3 N–H and O–H groups in total. The van der Waals surface area contributed by atoms with Gasteiger partial charge >= 0.3 is 0 Å². The van der Waals surface area contributed by atoms with E-state index in [4.69, 9.17) is 4.42 Å². The van der Waals surface area contributed by atoms with Crippen molar-refractivity contribution in [3.63, 3.8) is 0 Å². The van der Waals surface area contributed by atoms with Gasteiger partial charge in [0.15, 0.2) is 11.6 Å². The smallest absolute Gasteiger partial charge is 0.286 e. The average Bonchev–Trinajstić information content (AvgIpc) is 3.00. The fourth-order valence-electron chi connectivity index (χ4n) is 1.47. The van der Waals surface area contributed by atoms with E-state index in [0.717, 1.165) is 5.69 Å². The van der Waals surface area contributed by atoms with Crippen molar-refractivity contribution in [1.82, 2.24) is 15.5 Å². The third-order valence-electron chi connectivity index (χ3n) is 2.36. The molecule has 2 amide bonds. The number of nitrogens with one attached hydrogen (secondary N) is 3. The molecule has 100 valence electrons. The van der Waals surface area contributed by atoms with Crippen LogP contribution in [-0.2, 0) is 4.79 Å². The van der Waals surface area contributed by atoms with Crippen molar-refractivity contribution < 1.29 is 14.0 Å². The van der Waals surface area contributed by atoms with Gasteiger partial charge in [0.05, 0.1) is 6.26 Å². The largest absolute Gasteiger partial charge is 0.459 e. The standard InChI is InChI=1S/C12H14N4O3/c1-8-7-10(16-15-8)14-11(17)4-5-13-12(18)9-3-2-6-19-9/h2-3,6-7H,4-5H2,1H3,(H,13,18)(H2,14,15,16,17). The van der Waals surface area contributed by atoms with E-state index < -0.39 is 0 Å². The number of H-pyrrole nitrogens is 1. The molecular formula is C12H14N4O3. The second-order valence-electron chi connectivity index (χ2n) is 3.97. The van der Waals surface area contributed by atoms with Gasteiger partial charge in [-0.1, -0.05) is 0 Å². The molecule has 7 heteroatoms. The van der Waals surface area contributed by atoms with Crippen LogP contribution in [0.2, 0.25) is 0 Å². The first kappa shape index (κ1) is 12.9. The lowest BCUT2D eigenvalue weighted by Crippen LogP contribution is -2.27. The number of nitrogens with zero attached hydrogens (tertiary/aromatic N) is 1. The Morgan fingerprint density at radius 2 is 2.32 bits per heavy atom. The molecule has 0 saturated carbocycles. The predicted molar refractivity (Wildman–Crippen MR) is 67.6 cm³/mol. The maximum Gasteiger partial charge on any atom is 0.286 e. The zero-order valence-electron chi connectivity index (χ0n) is 10.4. The highest BCUT2D eigenvalue weighted by atomic mass is 16.3. The third kappa shape index (κ3) is 3.70. The number of carbonyl (C=O) groups excluding carboxylic acids is 2. The van der Waals surface area contributed by atoms with E-state index in [0.29, 0.717) is 5.82 Å². The van der Waals surface area contributed by atoms with Crippen LogP contribution in [0.4, 0.5) is 5.82 Å². The van der Waals surface area contributed by atoms with Crippen molar-refractivity contribution in [1.29, 1.82) is 0 Å². The molecule has 0 aliphatic rings. The molecular weight excluding hydrogens is 248 g/mol. The number of hydrogen-bond donors (Lipinski definition) is 3. The second-order valence-corrected chi connectivity index (χ2v) is 3.97. The molecule has 0 atom stereocenters. The summed E-state index contributed by atoms with van der Waals surface area (Å²) >= 11 is 0. The summed E-state index contributed by atoms with van der Waals surface area (Å²) in [5.41, 5.74) is 0.862. The predicted octanol–water partition coefficient (Wildman–Crippen LogP) is 1.07. The van der Waals surface area contributed by atoms with Gasteiger partial charge in [-0.25, -0.2) is 0 Å². The summed E-state index contributed by atoms with van der Waals surface area (Å²) in [4.78, 5) is 23.0. The summed E-state index contributed by atoms with van der Waals surface area (Å²) in [7, 11) is 0. The first-order chi connectivity index (χ1) is 9.15. The van der Waals surface area contributed by atoms with Gasteiger partial charge in [0.1, 0.15) is 0 Å². The van der Waals surface area contributed by atoms with Gasteiger partial charge in [-0.15, -0.1) is 0 Å². The first-order valence-corrected chi connectivity index (χ1v) is 5.79. The lowest BCUT2D eigenvalue weighted by Gasteiger charge is -2.03. The third-order valence-corrected chi connectivity index (χ3v) is 2.36. The van der Waals surface area contributed by atoms with Crippen molar-refractivity contribution in [2.75, 3.05) is 11.9 Å². The highest BCUT2D eigenvalue weighted by Crippen LogP contribution is 2.04. The zero-order chi connectivity index (χ0) is 13.7. The van der Waals surface area contributed by atoms with Crippen LogP contribution in [0.1, 0.15) is 22.7 Å². The summed E-state index contributed by atoms with van der Waals surface area (Å²) in [6, 6.07) is 4.91. The van der Waals surface area contributed by atoms with E-state index in [2.05, 4.69) is 20.8 Å². The minimum absolute atomic E-state index is 0.165. The summed E-state index contributed by atoms with van der Waals surface area (Å²) in [5, 5.41) is 11.8. The molecule has 2 aromatic rings. The zero-order valence-corrected chi connectivity index (χ0v) is 10.4. The minimum atomic E-state index is -0.339. The normalized spacial score (nSPS) is 10.2. The van der Waals surface area contributed by atoms with Gasteiger partial charge in [0.2, 0.25) is 5.91 Å². The van der Waals surface area contributed by atoms with E-state index in [9.17, 15) is 9.59 Å².